The van der Waals surface area contributed by atoms with Crippen molar-refractivity contribution in [3.63, 3.8) is 0 Å². The van der Waals surface area contributed by atoms with Gasteiger partial charge in [0.15, 0.2) is 0 Å². The lowest BCUT2D eigenvalue weighted by Gasteiger charge is -2.38. The number of hydrogen-bond acceptors (Lipinski definition) is 5. The summed E-state index contributed by atoms with van der Waals surface area (Å²) >= 11 is 0. The van der Waals surface area contributed by atoms with Crippen LogP contribution >= 0.6 is 0 Å². The predicted octanol–water partition coefficient (Wildman–Crippen LogP) is 3.89. The summed E-state index contributed by atoms with van der Waals surface area (Å²) in [6.07, 6.45) is 9.80. The lowest BCUT2D eigenvalue weighted by atomic mass is 9.90. The molecule has 0 N–H and O–H groups in total. The van der Waals surface area contributed by atoms with Crippen LogP contribution in [0.3, 0.4) is 0 Å². The maximum Gasteiger partial charge on any atom is 0.230 e. The second-order valence-electron chi connectivity index (χ2n) is 7.67. The van der Waals surface area contributed by atoms with Gasteiger partial charge in [-0.1, -0.05) is 19.0 Å². The van der Waals surface area contributed by atoms with Crippen molar-refractivity contribution < 1.29 is 4.52 Å². The zero-order chi connectivity index (χ0) is 16.5. The normalized spacial score (nSPS) is 27.0. The van der Waals surface area contributed by atoms with Gasteiger partial charge in [-0.3, -0.25) is 9.88 Å². The van der Waals surface area contributed by atoms with Crippen LogP contribution in [0.5, 0.6) is 0 Å². The molecule has 2 fully saturated rings. The Hall–Kier alpha value is -1.75. The standard InChI is InChI=1S/C19H26N4O/c1-13(2)7-9-23-16-5-6-17(23)11-15(10-16)19-21-18(22-24-19)14-4-3-8-20-12-14/h3-4,8,12-13,15-17H,5-7,9-11H2,1-2H3/t15?,16-,17+. The second-order valence-corrected chi connectivity index (χ2v) is 7.67. The van der Waals surface area contributed by atoms with Crippen LogP contribution in [0, 0.1) is 5.92 Å². The van der Waals surface area contributed by atoms with E-state index in [-0.39, 0.29) is 0 Å². The number of aromatic nitrogens is 3. The van der Waals surface area contributed by atoms with Crippen molar-refractivity contribution in [2.45, 2.75) is 64.0 Å². The van der Waals surface area contributed by atoms with E-state index in [1.54, 1.807) is 12.4 Å². The topological polar surface area (TPSA) is 55.1 Å². The zero-order valence-electron chi connectivity index (χ0n) is 14.6. The molecule has 128 valence electrons. The Morgan fingerprint density at radius 3 is 2.71 bits per heavy atom. The maximum atomic E-state index is 5.61. The third-order valence-corrected chi connectivity index (χ3v) is 5.56. The van der Waals surface area contributed by atoms with Crippen molar-refractivity contribution in [1.29, 1.82) is 0 Å². The molecule has 2 aromatic heterocycles. The smallest absolute Gasteiger partial charge is 0.230 e. The molecule has 2 bridgehead atoms. The summed E-state index contributed by atoms with van der Waals surface area (Å²) in [5.41, 5.74) is 0.921. The van der Waals surface area contributed by atoms with Crippen molar-refractivity contribution in [3.05, 3.63) is 30.4 Å². The quantitative estimate of drug-likeness (QED) is 0.834. The van der Waals surface area contributed by atoms with Gasteiger partial charge in [0.25, 0.3) is 0 Å². The monoisotopic (exact) mass is 326 g/mol. The average Bonchev–Trinajstić information content (AvgIpc) is 3.17. The van der Waals surface area contributed by atoms with Crippen molar-refractivity contribution >= 4 is 0 Å². The first kappa shape index (κ1) is 15.8. The zero-order valence-corrected chi connectivity index (χ0v) is 14.6. The summed E-state index contributed by atoms with van der Waals surface area (Å²) in [6.45, 7) is 5.87. The molecule has 5 nitrogen and oxygen atoms in total. The van der Waals surface area contributed by atoms with Crippen LogP contribution in [-0.2, 0) is 0 Å². The minimum Gasteiger partial charge on any atom is -0.339 e. The molecule has 1 unspecified atom stereocenters. The molecule has 5 heteroatoms. The second kappa shape index (κ2) is 6.63. The van der Waals surface area contributed by atoms with Gasteiger partial charge in [-0.25, -0.2) is 0 Å². The number of fused-ring (bicyclic) bond motifs is 2. The summed E-state index contributed by atoms with van der Waals surface area (Å²) in [4.78, 5) is 11.5. The highest BCUT2D eigenvalue weighted by atomic mass is 16.5. The first-order valence-corrected chi connectivity index (χ1v) is 9.20. The number of rotatable bonds is 5. The van der Waals surface area contributed by atoms with E-state index in [1.165, 1.54) is 25.8 Å². The van der Waals surface area contributed by atoms with Crippen LogP contribution in [-0.4, -0.2) is 38.7 Å². The summed E-state index contributed by atoms with van der Waals surface area (Å²) in [7, 11) is 0. The van der Waals surface area contributed by atoms with E-state index in [0.29, 0.717) is 23.8 Å². The van der Waals surface area contributed by atoms with Crippen LogP contribution < -0.4 is 0 Å². The molecule has 0 aliphatic carbocycles. The molecule has 24 heavy (non-hydrogen) atoms. The Labute approximate surface area is 143 Å². The average molecular weight is 326 g/mol. The lowest BCUT2D eigenvalue weighted by molar-refractivity contribution is 0.110. The van der Waals surface area contributed by atoms with Crippen molar-refractivity contribution in [2.24, 2.45) is 5.92 Å². The van der Waals surface area contributed by atoms with Crippen LogP contribution in [0.25, 0.3) is 11.4 Å². The molecule has 4 rings (SSSR count). The molecule has 2 aliphatic heterocycles. The van der Waals surface area contributed by atoms with Gasteiger partial charge in [-0.15, -0.1) is 0 Å². The molecular weight excluding hydrogens is 300 g/mol. The molecular formula is C19H26N4O. The molecule has 2 aromatic rings. The third kappa shape index (κ3) is 3.09. The van der Waals surface area contributed by atoms with E-state index in [4.69, 9.17) is 4.52 Å². The number of piperidine rings is 1. The third-order valence-electron chi connectivity index (χ3n) is 5.56. The van der Waals surface area contributed by atoms with E-state index in [9.17, 15) is 0 Å². The molecule has 0 radical (unpaired) electrons. The van der Waals surface area contributed by atoms with Gasteiger partial charge in [0.05, 0.1) is 0 Å². The highest BCUT2D eigenvalue weighted by Gasteiger charge is 2.42. The van der Waals surface area contributed by atoms with Crippen LogP contribution in [0.2, 0.25) is 0 Å². The minimum absolute atomic E-state index is 0.413. The predicted molar refractivity (Wildman–Crippen MR) is 92.5 cm³/mol. The first-order chi connectivity index (χ1) is 11.7. The molecule has 0 amide bonds. The molecule has 0 spiro atoms. The van der Waals surface area contributed by atoms with Crippen LogP contribution in [0.1, 0.15) is 57.8 Å². The molecule has 2 saturated heterocycles. The van der Waals surface area contributed by atoms with E-state index in [2.05, 4.69) is 33.9 Å². The summed E-state index contributed by atoms with van der Waals surface area (Å²) in [5.74, 6) is 2.66. The van der Waals surface area contributed by atoms with Gasteiger partial charge in [0.1, 0.15) is 0 Å². The summed E-state index contributed by atoms with van der Waals surface area (Å²) in [6, 6.07) is 5.26. The van der Waals surface area contributed by atoms with Gasteiger partial charge in [0, 0.05) is 36.0 Å². The first-order valence-electron chi connectivity index (χ1n) is 9.20. The van der Waals surface area contributed by atoms with Gasteiger partial charge in [-0.2, -0.15) is 4.98 Å². The highest BCUT2D eigenvalue weighted by Crippen LogP contribution is 2.43. The van der Waals surface area contributed by atoms with Crippen molar-refractivity contribution in [3.8, 4) is 11.4 Å². The molecule has 0 saturated carbocycles. The lowest BCUT2D eigenvalue weighted by Crippen LogP contribution is -2.43. The summed E-state index contributed by atoms with van der Waals surface area (Å²) in [5, 5.41) is 4.17. The van der Waals surface area contributed by atoms with Crippen LogP contribution in [0.4, 0.5) is 0 Å². The number of pyridine rings is 1. The Morgan fingerprint density at radius 1 is 1.25 bits per heavy atom. The minimum atomic E-state index is 0.413. The van der Waals surface area contributed by atoms with Gasteiger partial charge < -0.3 is 4.52 Å². The van der Waals surface area contributed by atoms with Crippen molar-refractivity contribution in [2.75, 3.05) is 6.54 Å². The largest absolute Gasteiger partial charge is 0.339 e. The van der Waals surface area contributed by atoms with Crippen molar-refractivity contribution in [1.82, 2.24) is 20.0 Å². The van der Waals surface area contributed by atoms with E-state index in [1.807, 2.05) is 12.1 Å². The van der Waals surface area contributed by atoms with Gasteiger partial charge >= 0.3 is 0 Å². The van der Waals surface area contributed by atoms with Gasteiger partial charge in [-0.05, 0) is 56.7 Å². The fraction of sp³-hybridized carbons (Fsp3) is 0.632. The Kier molecular flexibility index (Phi) is 4.35. The Morgan fingerprint density at radius 2 is 2.04 bits per heavy atom. The molecule has 2 aliphatic rings. The molecule has 0 aromatic carbocycles. The van der Waals surface area contributed by atoms with Gasteiger partial charge in [0.2, 0.25) is 11.7 Å². The Balaban J connectivity index is 1.45. The Bertz CT molecular complexity index is 655. The number of hydrogen-bond donors (Lipinski definition) is 0. The fourth-order valence-electron chi connectivity index (χ4n) is 4.26. The highest BCUT2D eigenvalue weighted by molar-refractivity contribution is 5.51. The van der Waals surface area contributed by atoms with E-state index < -0.39 is 0 Å². The SMILES string of the molecule is CC(C)CCN1[C@@H]2CC[C@H]1CC(c1nc(-c3cccnc3)no1)C2. The molecule has 3 atom stereocenters. The van der Waals surface area contributed by atoms with E-state index in [0.717, 1.165) is 30.2 Å². The number of nitrogens with zero attached hydrogens (tertiary/aromatic N) is 4. The maximum absolute atomic E-state index is 5.61. The fourth-order valence-corrected chi connectivity index (χ4v) is 4.26. The molecule has 4 heterocycles. The summed E-state index contributed by atoms with van der Waals surface area (Å²) < 4.78 is 5.61. The van der Waals surface area contributed by atoms with E-state index >= 15 is 0 Å². The van der Waals surface area contributed by atoms with Crippen LogP contribution in [0.15, 0.2) is 29.0 Å².